The first kappa shape index (κ1) is 15.5. The zero-order valence-corrected chi connectivity index (χ0v) is 10.8. The van der Waals surface area contributed by atoms with Gasteiger partial charge in [0.05, 0.1) is 0 Å². The van der Waals surface area contributed by atoms with Crippen molar-refractivity contribution >= 4 is 18.0 Å². The van der Waals surface area contributed by atoms with Crippen molar-refractivity contribution in [3.63, 3.8) is 0 Å². The van der Waals surface area contributed by atoms with Crippen molar-refractivity contribution in [1.29, 1.82) is 0 Å². The average molecular weight is 280 g/mol. The molecular weight excluding hydrogens is 264 g/mol. The molecule has 7 nitrogen and oxygen atoms in total. The molecule has 0 saturated heterocycles. The SMILES string of the molecule is O=C(O)CN(CC(=O)O)C(=O)NCCc1ccccc1. The van der Waals surface area contributed by atoms with Gasteiger partial charge in [-0.25, -0.2) is 4.79 Å². The first-order valence-electron chi connectivity index (χ1n) is 5.99. The van der Waals surface area contributed by atoms with Crippen molar-refractivity contribution in [2.75, 3.05) is 19.6 Å². The van der Waals surface area contributed by atoms with Crippen LogP contribution in [-0.2, 0) is 16.0 Å². The summed E-state index contributed by atoms with van der Waals surface area (Å²) in [5.41, 5.74) is 1.02. The van der Waals surface area contributed by atoms with Gasteiger partial charge in [0.1, 0.15) is 13.1 Å². The molecule has 3 N–H and O–H groups in total. The number of carbonyl (C=O) groups excluding carboxylic acids is 1. The summed E-state index contributed by atoms with van der Waals surface area (Å²) in [4.78, 5) is 33.6. The summed E-state index contributed by atoms with van der Waals surface area (Å²) in [6.07, 6.45) is 0.584. The molecule has 0 bridgehead atoms. The Hall–Kier alpha value is -2.57. The molecule has 0 atom stereocenters. The molecule has 108 valence electrons. The van der Waals surface area contributed by atoms with Gasteiger partial charge < -0.3 is 20.4 Å². The van der Waals surface area contributed by atoms with E-state index in [1.54, 1.807) is 0 Å². The largest absolute Gasteiger partial charge is 0.480 e. The fraction of sp³-hybridized carbons (Fsp3) is 0.308. The number of amides is 2. The molecular formula is C13H16N2O5. The molecule has 0 aliphatic carbocycles. The molecule has 2 amide bonds. The zero-order chi connectivity index (χ0) is 15.0. The number of carboxylic acids is 2. The van der Waals surface area contributed by atoms with Gasteiger partial charge in [-0.2, -0.15) is 0 Å². The van der Waals surface area contributed by atoms with E-state index in [0.29, 0.717) is 13.0 Å². The van der Waals surface area contributed by atoms with Gasteiger partial charge in [-0.3, -0.25) is 9.59 Å². The van der Waals surface area contributed by atoms with Crippen molar-refractivity contribution < 1.29 is 24.6 Å². The Labute approximate surface area is 115 Å². The van der Waals surface area contributed by atoms with Crippen LogP contribution in [0.4, 0.5) is 4.79 Å². The van der Waals surface area contributed by atoms with Crippen LogP contribution in [0.25, 0.3) is 0 Å². The minimum atomic E-state index is -1.26. The lowest BCUT2D eigenvalue weighted by Gasteiger charge is -2.19. The van der Waals surface area contributed by atoms with Crippen molar-refractivity contribution in [3.05, 3.63) is 35.9 Å². The predicted molar refractivity (Wildman–Crippen MR) is 70.4 cm³/mol. The average Bonchev–Trinajstić information content (AvgIpc) is 2.38. The van der Waals surface area contributed by atoms with E-state index in [9.17, 15) is 14.4 Å². The Kier molecular flexibility index (Phi) is 6.02. The summed E-state index contributed by atoms with van der Waals surface area (Å²) in [5, 5.41) is 19.8. The quantitative estimate of drug-likeness (QED) is 0.670. The fourth-order valence-electron chi connectivity index (χ4n) is 1.60. The third-order valence-corrected chi connectivity index (χ3v) is 2.47. The van der Waals surface area contributed by atoms with Crippen molar-refractivity contribution in [2.45, 2.75) is 6.42 Å². The van der Waals surface area contributed by atoms with Crippen LogP contribution in [0.2, 0.25) is 0 Å². The summed E-state index contributed by atoms with van der Waals surface area (Å²) < 4.78 is 0. The molecule has 0 aromatic heterocycles. The number of aliphatic carboxylic acids is 2. The molecule has 1 rings (SSSR count). The highest BCUT2D eigenvalue weighted by molar-refractivity contribution is 5.84. The minimum Gasteiger partial charge on any atom is -0.480 e. The third-order valence-electron chi connectivity index (χ3n) is 2.47. The third kappa shape index (κ3) is 5.85. The number of benzene rings is 1. The van der Waals surface area contributed by atoms with Gasteiger partial charge >= 0.3 is 18.0 Å². The number of nitrogens with zero attached hydrogens (tertiary/aromatic N) is 1. The number of hydrogen-bond donors (Lipinski definition) is 3. The van der Waals surface area contributed by atoms with Crippen LogP contribution in [0.1, 0.15) is 5.56 Å². The highest BCUT2D eigenvalue weighted by Gasteiger charge is 2.18. The molecule has 0 spiro atoms. The summed E-state index contributed by atoms with van der Waals surface area (Å²) in [7, 11) is 0. The molecule has 0 aliphatic rings. The molecule has 20 heavy (non-hydrogen) atoms. The van der Waals surface area contributed by atoms with Crippen LogP contribution in [0, 0.1) is 0 Å². The van der Waals surface area contributed by atoms with Crippen molar-refractivity contribution in [2.24, 2.45) is 0 Å². The maximum absolute atomic E-state index is 11.7. The van der Waals surface area contributed by atoms with Gasteiger partial charge in [0, 0.05) is 6.54 Å². The van der Waals surface area contributed by atoms with Crippen LogP contribution in [0.15, 0.2) is 30.3 Å². The van der Waals surface area contributed by atoms with E-state index in [-0.39, 0.29) is 0 Å². The first-order valence-corrected chi connectivity index (χ1v) is 5.99. The number of hydrogen-bond acceptors (Lipinski definition) is 3. The van der Waals surface area contributed by atoms with Crippen molar-refractivity contribution in [3.8, 4) is 0 Å². The molecule has 0 saturated carbocycles. The van der Waals surface area contributed by atoms with E-state index in [2.05, 4.69) is 5.32 Å². The molecule has 0 unspecified atom stereocenters. The van der Waals surface area contributed by atoms with E-state index < -0.39 is 31.1 Å². The zero-order valence-electron chi connectivity index (χ0n) is 10.8. The highest BCUT2D eigenvalue weighted by Crippen LogP contribution is 1.98. The van der Waals surface area contributed by atoms with Gasteiger partial charge in [-0.1, -0.05) is 30.3 Å². The smallest absolute Gasteiger partial charge is 0.323 e. The van der Waals surface area contributed by atoms with E-state index in [0.717, 1.165) is 10.5 Å². The highest BCUT2D eigenvalue weighted by atomic mass is 16.4. The Balaban J connectivity index is 2.45. The van der Waals surface area contributed by atoms with E-state index in [1.807, 2.05) is 30.3 Å². The summed E-state index contributed by atoms with van der Waals surface area (Å²) >= 11 is 0. The molecule has 0 heterocycles. The van der Waals surface area contributed by atoms with Gasteiger partial charge in [0.2, 0.25) is 0 Å². The summed E-state index contributed by atoms with van der Waals surface area (Å²) in [6, 6.07) is 8.72. The second kappa shape index (κ2) is 7.78. The van der Waals surface area contributed by atoms with Gasteiger partial charge in [-0.15, -0.1) is 0 Å². The molecule has 1 aromatic carbocycles. The standard InChI is InChI=1S/C13H16N2O5/c16-11(17)8-15(9-12(18)19)13(20)14-7-6-10-4-2-1-3-5-10/h1-5H,6-9H2,(H,14,20)(H,16,17)(H,18,19). The molecule has 7 heteroatoms. The van der Waals surface area contributed by atoms with Gasteiger partial charge in [-0.05, 0) is 12.0 Å². The molecule has 0 fully saturated rings. The second-order valence-corrected chi connectivity index (χ2v) is 4.11. The van der Waals surface area contributed by atoms with E-state index >= 15 is 0 Å². The van der Waals surface area contributed by atoms with Gasteiger partial charge in [0.15, 0.2) is 0 Å². The normalized spacial score (nSPS) is 9.80. The maximum Gasteiger partial charge on any atom is 0.323 e. The predicted octanol–water partition coefficient (Wildman–Crippen LogP) is 0.410. The number of rotatable bonds is 7. The number of carboxylic acid groups (broad SMARTS) is 2. The Morgan fingerprint density at radius 1 is 1.00 bits per heavy atom. The molecule has 0 radical (unpaired) electrons. The molecule has 0 aliphatic heterocycles. The fourth-order valence-corrected chi connectivity index (χ4v) is 1.60. The maximum atomic E-state index is 11.7. The minimum absolute atomic E-state index is 0.304. The van der Waals surface area contributed by atoms with E-state index in [4.69, 9.17) is 10.2 Å². The second-order valence-electron chi connectivity index (χ2n) is 4.11. The lowest BCUT2D eigenvalue weighted by atomic mass is 10.1. The van der Waals surface area contributed by atoms with E-state index in [1.165, 1.54) is 0 Å². The van der Waals surface area contributed by atoms with Crippen LogP contribution in [0.5, 0.6) is 0 Å². The van der Waals surface area contributed by atoms with Crippen LogP contribution in [-0.4, -0.2) is 52.7 Å². The topological polar surface area (TPSA) is 107 Å². The van der Waals surface area contributed by atoms with Crippen LogP contribution in [0.3, 0.4) is 0 Å². The first-order chi connectivity index (χ1) is 9.49. The summed E-state index contributed by atoms with van der Waals surface area (Å²) in [6.45, 7) is -0.995. The number of nitrogens with one attached hydrogen (secondary N) is 1. The lowest BCUT2D eigenvalue weighted by molar-refractivity contribution is -0.140. The van der Waals surface area contributed by atoms with Crippen LogP contribution < -0.4 is 5.32 Å². The molecule has 1 aromatic rings. The monoisotopic (exact) mass is 280 g/mol. The Morgan fingerprint density at radius 2 is 1.55 bits per heavy atom. The summed E-state index contributed by atoms with van der Waals surface area (Å²) in [5.74, 6) is -2.52. The Bertz CT molecular complexity index is 459. The Morgan fingerprint density at radius 3 is 2.05 bits per heavy atom. The van der Waals surface area contributed by atoms with Crippen LogP contribution >= 0.6 is 0 Å². The lowest BCUT2D eigenvalue weighted by Crippen LogP contribution is -2.45. The number of urea groups is 1. The van der Waals surface area contributed by atoms with Crippen molar-refractivity contribution in [1.82, 2.24) is 10.2 Å². The van der Waals surface area contributed by atoms with Gasteiger partial charge in [0.25, 0.3) is 0 Å². The number of carbonyl (C=O) groups is 3.